The first kappa shape index (κ1) is 21.2. The zero-order valence-corrected chi connectivity index (χ0v) is 18.1. The van der Waals surface area contributed by atoms with Gasteiger partial charge < -0.3 is 19.9 Å². The Labute approximate surface area is 174 Å². The first-order valence-corrected chi connectivity index (χ1v) is 10.6. The third kappa shape index (κ3) is 5.73. The van der Waals surface area contributed by atoms with Gasteiger partial charge >= 0.3 is 0 Å². The van der Waals surface area contributed by atoms with Crippen LogP contribution in [0, 0.1) is 0 Å². The van der Waals surface area contributed by atoms with Gasteiger partial charge in [-0.25, -0.2) is 0 Å². The molecule has 2 aromatic carbocycles. The van der Waals surface area contributed by atoms with Gasteiger partial charge in [0.1, 0.15) is 11.8 Å². The van der Waals surface area contributed by atoms with Crippen LogP contribution in [-0.2, 0) is 0 Å². The first-order chi connectivity index (χ1) is 13.9. The van der Waals surface area contributed by atoms with E-state index in [1.807, 2.05) is 38.1 Å². The van der Waals surface area contributed by atoms with E-state index in [1.54, 1.807) is 4.90 Å². The molecule has 1 amide bonds. The van der Waals surface area contributed by atoms with Crippen LogP contribution in [-0.4, -0.2) is 45.7 Å². The van der Waals surface area contributed by atoms with Gasteiger partial charge in [-0.05, 0) is 50.2 Å². The summed E-state index contributed by atoms with van der Waals surface area (Å²) < 4.78 is 5.66. The minimum absolute atomic E-state index is 0.0328. The molecule has 1 atom stereocenters. The number of carbonyl (C=O) groups excluding carboxylic acids is 1. The van der Waals surface area contributed by atoms with E-state index in [1.165, 1.54) is 24.1 Å². The Balaban J connectivity index is 1.67. The fourth-order valence-electron chi connectivity index (χ4n) is 3.93. The highest BCUT2D eigenvalue weighted by Gasteiger charge is 2.28. The Morgan fingerprint density at radius 3 is 2.21 bits per heavy atom. The minimum atomic E-state index is -0.0328. The van der Waals surface area contributed by atoms with Crippen LogP contribution < -0.4 is 19.9 Å². The summed E-state index contributed by atoms with van der Waals surface area (Å²) in [6.45, 7) is 6.95. The number of carbonyl (C=O) groups is 1. The molecule has 0 radical (unpaired) electrons. The highest BCUT2D eigenvalue weighted by atomic mass is 16.5. The molecule has 0 aromatic heterocycles. The molecule has 156 valence electrons. The highest BCUT2D eigenvalue weighted by molar-refractivity contribution is 5.94. The molecule has 0 unspecified atom stereocenters. The third-order valence-electron chi connectivity index (χ3n) is 5.51. The molecule has 0 spiro atoms. The molecule has 1 fully saturated rings. The number of nitrogens with zero attached hydrogens (tertiary/aromatic N) is 1. The zero-order chi connectivity index (χ0) is 20.8. The van der Waals surface area contributed by atoms with Crippen molar-refractivity contribution in [3.63, 3.8) is 0 Å². The second-order valence-corrected chi connectivity index (χ2v) is 8.30. The molecule has 5 heteroatoms. The average molecular weight is 397 g/mol. The van der Waals surface area contributed by atoms with Gasteiger partial charge in [-0.1, -0.05) is 12.1 Å². The van der Waals surface area contributed by atoms with Crippen molar-refractivity contribution < 1.29 is 14.4 Å². The zero-order valence-electron chi connectivity index (χ0n) is 18.1. The van der Waals surface area contributed by atoms with Crippen LogP contribution in [0.25, 0.3) is 0 Å². The Kier molecular flexibility index (Phi) is 7.15. The maximum Gasteiger partial charge on any atom is 0.251 e. The van der Waals surface area contributed by atoms with Crippen molar-refractivity contribution in [1.29, 1.82) is 0 Å². The standard InChI is InChI=1S/C24H33N3O2/c1-18(2)29-22-13-9-20(10-14-22)24(28)25-17-23(27-15-5-6-16-27)19-7-11-21(12-8-19)26(3)4/h7-14,18,23H,5-6,15-17H2,1-4H3,(H,25,28)/p+1/t23-/m0/s1. The van der Waals surface area contributed by atoms with E-state index >= 15 is 0 Å². The molecule has 0 aliphatic carbocycles. The monoisotopic (exact) mass is 396 g/mol. The number of anilines is 1. The summed E-state index contributed by atoms with van der Waals surface area (Å²) in [5.41, 5.74) is 3.14. The van der Waals surface area contributed by atoms with Crippen LogP contribution in [0.5, 0.6) is 5.75 Å². The predicted octanol–water partition coefficient (Wildman–Crippen LogP) is 2.69. The van der Waals surface area contributed by atoms with Crippen molar-refractivity contribution in [3.05, 3.63) is 59.7 Å². The molecule has 5 nitrogen and oxygen atoms in total. The van der Waals surface area contributed by atoms with Gasteiger partial charge in [0.2, 0.25) is 0 Å². The molecule has 0 bridgehead atoms. The van der Waals surface area contributed by atoms with Gasteiger partial charge in [0.15, 0.2) is 0 Å². The maximum atomic E-state index is 12.7. The van der Waals surface area contributed by atoms with E-state index in [0.717, 1.165) is 18.8 Å². The second kappa shape index (κ2) is 9.79. The number of hydrogen-bond acceptors (Lipinski definition) is 3. The van der Waals surface area contributed by atoms with Crippen molar-refractivity contribution in [1.82, 2.24) is 5.32 Å². The fourth-order valence-corrected chi connectivity index (χ4v) is 3.93. The number of hydrogen-bond donors (Lipinski definition) is 2. The van der Waals surface area contributed by atoms with Crippen LogP contribution in [0.4, 0.5) is 5.69 Å². The van der Waals surface area contributed by atoms with Crippen molar-refractivity contribution in [2.75, 3.05) is 38.6 Å². The van der Waals surface area contributed by atoms with Crippen molar-refractivity contribution in [2.45, 2.75) is 38.8 Å². The predicted molar refractivity (Wildman–Crippen MR) is 118 cm³/mol. The number of amides is 1. The summed E-state index contributed by atoms with van der Waals surface area (Å²) in [5, 5.41) is 3.16. The van der Waals surface area contributed by atoms with E-state index in [-0.39, 0.29) is 18.1 Å². The lowest BCUT2D eigenvalue weighted by Gasteiger charge is -2.26. The quantitative estimate of drug-likeness (QED) is 0.721. The third-order valence-corrected chi connectivity index (χ3v) is 5.51. The van der Waals surface area contributed by atoms with Crippen LogP contribution in [0.15, 0.2) is 48.5 Å². The summed E-state index contributed by atoms with van der Waals surface area (Å²) in [6, 6.07) is 16.4. The Morgan fingerprint density at radius 2 is 1.66 bits per heavy atom. The van der Waals surface area contributed by atoms with Gasteiger partial charge in [-0.15, -0.1) is 0 Å². The number of benzene rings is 2. The Hall–Kier alpha value is -2.53. The summed E-state index contributed by atoms with van der Waals surface area (Å²) in [7, 11) is 4.10. The maximum absolute atomic E-state index is 12.7. The lowest BCUT2D eigenvalue weighted by molar-refractivity contribution is -0.918. The van der Waals surface area contributed by atoms with Gasteiger partial charge in [0, 0.05) is 43.8 Å². The molecule has 2 N–H and O–H groups in total. The normalized spacial score (nSPS) is 15.3. The summed E-state index contributed by atoms with van der Waals surface area (Å²) in [4.78, 5) is 16.4. The summed E-state index contributed by atoms with van der Waals surface area (Å²) >= 11 is 0. The largest absolute Gasteiger partial charge is 0.491 e. The van der Waals surface area contributed by atoms with Crippen LogP contribution >= 0.6 is 0 Å². The second-order valence-electron chi connectivity index (χ2n) is 8.30. The topological polar surface area (TPSA) is 46.0 Å². The number of ether oxygens (including phenoxy) is 1. The van der Waals surface area contributed by atoms with Crippen molar-refractivity contribution in [2.24, 2.45) is 0 Å². The number of rotatable bonds is 8. The lowest BCUT2D eigenvalue weighted by atomic mass is 10.0. The van der Waals surface area contributed by atoms with E-state index < -0.39 is 0 Å². The molecule has 1 aliphatic heterocycles. The molecular formula is C24H34N3O2+. The van der Waals surface area contributed by atoms with Gasteiger partial charge in [0.25, 0.3) is 5.91 Å². The average Bonchev–Trinajstić information content (AvgIpc) is 3.23. The smallest absolute Gasteiger partial charge is 0.251 e. The van der Waals surface area contributed by atoms with E-state index in [2.05, 4.69) is 48.6 Å². The Morgan fingerprint density at radius 1 is 1.03 bits per heavy atom. The highest BCUT2D eigenvalue weighted by Crippen LogP contribution is 2.18. The van der Waals surface area contributed by atoms with Gasteiger partial charge in [-0.2, -0.15) is 0 Å². The SMILES string of the molecule is CC(C)Oc1ccc(C(=O)NC[C@@H](c2ccc(N(C)C)cc2)[NH+]2CCCC2)cc1. The van der Waals surface area contributed by atoms with Gasteiger partial charge in [0.05, 0.1) is 25.7 Å². The number of quaternary nitrogens is 1. The van der Waals surface area contributed by atoms with Crippen LogP contribution in [0.2, 0.25) is 0 Å². The molecule has 0 saturated carbocycles. The van der Waals surface area contributed by atoms with Gasteiger partial charge in [-0.3, -0.25) is 4.79 Å². The lowest BCUT2D eigenvalue weighted by Crippen LogP contribution is -3.11. The number of nitrogens with one attached hydrogen (secondary N) is 2. The molecule has 3 rings (SSSR count). The molecule has 29 heavy (non-hydrogen) atoms. The molecule has 1 aliphatic rings. The van der Waals surface area contributed by atoms with E-state index in [4.69, 9.17) is 4.74 Å². The molecule has 2 aromatic rings. The van der Waals surface area contributed by atoms with Crippen LogP contribution in [0.1, 0.15) is 48.7 Å². The molecular weight excluding hydrogens is 362 g/mol. The Bertz CT molecular complexity index is 779. The van der Waals surface area contributed by atoms with E-state index in [9.17, 15) is 4.79 Å². The minimum Gasteiger partial charge on any atom is -0.491 e. The molecule has 1 saturated heterocycles. The number of likely N-dealkylation sites (tertiary alicyclic amines) is 1. The van der Waals surface area contributed by atoms with Crippen molar-refractivity contribution >= 4 is 11.6 Å². The first-order valence-electron chi connectivity index (χ1n) is 10.6. The van der Waals surface area contributed by atoms with Crippen molar-refractivity contribution in [3.8, 4) is 5.75 Å². The summed E-state index contributed by atoms with van der Waals surface area (Å²) in [6.07, 6.45) is 2.64. The fraction of sp³-hybridized carbons (Fsp3) is 0.458. The molecule has 1 heterocycles. The van der Waals surface area contributed by atoms with E-state index in [0.29, 0.717) is 12.1 Å². The summed E-state index contributed by atoms with van der Waals surface area (Å²) in [5.74, 6) is 0.756. The van der Waals surface area contributed by atoms with Crippen LogP contribution in [0.3, 0.4) is 0 Å².